The minimum absolute atomic E-state index is 0.0459. The second kappa shape index (κ2) is 4.62. The number of rotatable bonds is 2. The van der Waals surface area contributed by atoms with Gasteiger partial charge in [-0.05, 0) is 12.1 Å². The number of hydrogen-bond donors (Lipinski definition) is 1. The van der Waals surface area contributed by atoms with Crippen LogP contribution in [-0.4, -0.2) is 27.6 Å². The first kappa shape index (κ1) is 14.6. The van der Waals surface area contributed by atoms with E-state index in [1.807, 2.05) is 0 Å². The Hall–Kier alpha value is -1.83. The van der Waals surface area contributed by atoms with Crippen LogP contribution in [0.5, 0.6) is 0 Å². The number of hydrogen-bond acceptors (Lipinski definition) is 2. The number of aryl methyl sites for hydroxylation is 1. The van der Waals surface area contributed by atoms with Gasteiger partial charge in [0.05, 0.1) is 11.1 Å². The predicted octanol–water partition coefficient (Wildman–Crippen LogP) is 3.38. The molecule has 0 fully saturated rings. The number of carboxylic acid groups (broad SMARTS) is 1. The highest BCUT2D eigenvalue weighted by Crippen LogP contribution is 2.32. The Morgan fingerprint density at radius 1 is 1.30 bits per heavy atom. The van der Waals surface area contributed by atoms with Crippen molar-refractivity contribution in [2.24, 2.45) is 7.05 Å². The Morgan fingerprint density at radius 2 is 1.90 bits per heavy atom. The van der Waals surface area contributed by atoms with Crippen LogP contribution in [0.1, 0.15) is 20.8 Å². The lowest BCUT2D eigenvalue weighted by Gasteiger charge is -2.05. The summed E-state index contributed by atoms with van der Waals surface area (Å²) in [6.45, 7) is 0. The van der Waals surface area contributed by atoms with Gasteiger partial charge in [0.2, 0.25) is 0 Å². The van der Waals surface area contributed by atoms with E-state index in [-0.39, 0.29) is 10.9 Å². The number of alkyl halides is 3. The summed E-state index contributed by atoms with van der Waals surface area (Å²) in [5, 5.41) is 9.03. The topological polar surface area (TPSA) is 59.3 Å². The molecule has 1 aromatic heterocycles. The van der Waals surface area contributed by atoms with Crippen molar-refractivity contribution < 1.29 is 27.9 Å². The highest BCUT2D eigenvalue weighted by molar-refractivity contribution is 9.10. The Labute approximate surface area is 118 Å². The molecule has 0 atom stereocenters. The number of carbonyl (C=O) groups is 2. The number of carbonyl (C=O) groups excluding carboxylic acids is 1. The van der Waals surface area contributed by atoms with Gasteiger partial charge in [-0.1, -0.05) is 22.0 Å². The van der Waals surface area contributed by atoms with Gasteiger partial charge in [0.25, 0.3) is 5.78 Å². The molecule has 1 N–H and O–H groups in total. The van der Waals surface area contributed by atoms with Crippen LogP contribution in [0.15, 0.2) is 22.7 Å². The number of aromatic nitrogens is 1. The van der Waals surface area contributed by atoms with E-state index < -0.39 is 29.2 Å². The molecule has 106 valence electrons. The van der Waals surface area contributed by atoms with Crippen molar-refractivity contribution in [2.45, 2.75) is 6.18 Å². The van der Waals surface area contributed by atoms with Crippen molar-refractivity contribution in [3.05, 3.63) is 33.9 Å². The van der Waals surface area contributed by atoms with E-state index in [1.165, 1.54) is 25.2 Å². The van der Waals surface area contributed by atoms with Gasteiger partial charge in [0.1, 0.15) is 5.69 Å². The van der Waals surface area contributed by atoms with E-state index in [9.17, 15) is 22.8 Å². The third kappa shape index (κ3) is 2.20. The highest BCUT2D eigenvalue weighted by Gasteiger charge is 2.43. The smallest absolute Gasteiger partial charge is 0.454 e. The number of fused-ring (bicyclic) bond motifs is 1. The number of Topliss-reactive ketones (excluding diaryl/α,β-unsaturated/α-hetero) is 1. The van der Waals surface area contributed by atoms with Gasteiger partial charge in [-0.2, -0.15) is 13.2 Å². The van der Waals surface area contributed by atoms with Gasteiger partial charge in [-0.3, -0.25) is 4.79 Å². The van der Waals surface area contributed by atoms with Crippen LogP contribution < -0.4 is 0 Å². The number of nitrogens with zero attached hydrogens (tertiary/aromatic N) is 1. The van der Waals surface area contributed by atoms with Crippen LogP contribution in [0.3, 0.4) is 0 Å². The molecule has 0 aliphatic heterocycles. The Kier molecular flexibility index (Phi) is 3.37. The summed E-state index contributed by atoms with van der Waals surface area (Å²) in [5.74, 6) is -3.75. The Balaban J connectivity index is 2.91. The molecular weight excluding hydrogens is 343 g/mol. The monoisotopic (exact) mass is 349 g/mol. The lowest BCUT2D eigenvalue weighted by molar-refractivity contribution is -0.0884. The van der Waals surface area contributed by atoms with E-state index in [2.05, 4.69) is 15.9 Å². The van der Waals surface area contributed by atoms with Crippen LogP contribution in [0, 0.1) is 0 Å². The molecule has 0 spiro atoms. The van der Waals surface area contributed by atoms with Crippen LogP contribution >= 0.6 is 15.9 Å². The minimum Gasteiger partial charge on any atom is -0.477 e. The van der Waals surface area contributed by atoms with Gasteiger partial charge >= 0.3 is 12.1 Å². The highest BCUT2D eigenvalue weighted by atomic mass is 79.9. The van der Waals surface area contributed by atoms with Crippen molar-refractivity contribution in [1.82, 2.24) is 4.57 Å². The molecule has 1 aromatic carbocycles. The van der Waals surface area contributed by atoms with Crippen LogP contribution in [-0.2, 0) is 7.05 Å². The zero-order valence-corrected chi connectivity index (χ0v) is 11.5. The van der Waals surface area contributed by atoms with Crippen molar-refractivity contribution in [2.75, 3.05) is 0 Å². The van der Waals surface area contributed by atoms with E-state index in [1.54, 1.807) is 0 Å². The molecule has 0 amide bonds. The molecular formula is C12H7BrF3NO3. The average molecular weight is 350 g/mol. The maximum Gasteiger partial charge on any atom is 0.454 e. The van der Waals surface area contributed by atoms with Crippen LogP contribution in [0.2, 0.25) is 0 Å². The Bertz CT molecular complexity index is 734. The molecule has 0 saturated carbocycles. The molecule has 20 heavy (non-hydrogen) atoms. The molecule has 1 heterocycles. The molecule has 0 radical (unpaired) electrons. The van der Waals surface area contributed by atoms with Crippen molar-refractivity contribution in [1.29, 1.82) is 0 Å². The summed E-state index contributed by atoms with van der Waals surface area (Å²) >= 11 is 3.15. The fourth-order valence-corrected chi connectivity index (χ4v) is 2.38. The number of benzene rings is 1. The second-order valence-electron chi connectivity index (χ2n) is 4.08. The number of ketones is 1. The van der Waals surface area contributed by atoms with Crippen molar-refractivity contribution in [3.63, 3.8) is 0 Å². The second-order valence-corrected chi connectivity index (χ2v) is 4.99. The molecule has 4 nitrogen and oxygen atoms in total. The molecule has 0 unspecified atom stereocenters. The lowest BCUT2D eigenvalue weighted by Crippen LogP contribution is -2.25. The largest absolute Gasteiger partial charge is 0.477 e. The predicted molar refractivity (Wildman–Crippen MR) is 68.0 cm³/mol. The first-order valence-electron chi connectivity index (χ1n) is 5.27. The van der Waals surface area contributed by atoms with E-state index in [0.29, 0.717) is 4.47 Å². The Morgan fingerprint density at radius 3 is 2.40 bits per heavy atom. The van der Waals surface area contributed by atoms with E-state index >= 15 is 0 Å². The fraction of sp³-hybridized carbons (Fsp3) is 0.167. The van der Waals surface area contributed by atoms with Gasteiger partial charge in [-0.25, -0.2) is 4.79 Å². The summed E-state index contributed by atoms with van der Waals surface area (Å²) in [5.41, 5.74) is -1.29. The van der Waals surface area contributed by atoms with Gasteiger partial charge in [-0.15, -0.1) is 0 Å². The van der Waals surface area contributed by atoms with E-state index in [0.717, 1.165) is 4.57 Å². The van der Waals surface area contributed by atoms with Gasteiger partial charge in [0, 0.05) is 16.9 Å². The summed E-state index contributed by atoms with van der Waals surface area (Å²) < 4.78 is 39.5. The summed E-state index contributed by atoms with van der Waals surface area (Å²) in [4.78, 5) is 22.7. The third-order valence-electron chi connectivity index (χ3n) is 2.85. The first-order valence-corrected chi connectivity index (χ1v) is 6.06. The van der Waals surface area contributed by atoms with Crippen molar-refractivity contribution in [3.8, 4) is 0 Å². The molecule has 0 aliphatic carbocycles. The molecule has 0 bridgehead atoms. The number of aromatic carboxylic acids is 1. The molecule has 0 aliphatic rings. The number of halogens is 4. The zero-order chi connectivity index (χ0) is 15.2. The van der Waals surface area contributed by atoms with Crippen LogP contribution in [0.25, 0.3) is 10.9 Å². The fourth-order valence-electron chi connectivity index (χ4n) is 2.03. The van der Waals surface area contributed by atoms with E-state index in [4.69, 9.17) is 5.11 Å². The molecule has 8 heteroatoms. The SMILES string of the molecule is Cn1c(C(=O)O)c(C(=O)C(F)(F)F)c2ccc(Br)cc21. The maximum atomic E-state index is 12.6. The quantitative estimate of drug-likeness (QED) is 0.845. The van der Waals surface area contributed by atoms with Gasteiger partial charge < -0.3 is 9.67 Å². The molecule has 0 saturated heterocycles. The van der Waals surface area contributed by atoms with Crippen LogP contribution in [0.4, 0.5) is 13.2 Å². The molecule has 2 rings (SSSR count). The molecule has 2 aromatic rings. The lowest BCUT2D eigenvalue weighted by atomic mass is 10.1. The summed E-state index contributed by atoms with van der Waals surface area (Å²) in [6, 6.07) is 4.18. The standard InChI is InChI=1S/C12H7BrF3NO3/c1-17-7-4-5(13)2-3-6(7)8(9(17)11(19)20)10(18)12(14,15)16/h2-4H,1H3,(H,19,20). The normalized spacial score (nSPS) is 11.8. The third-order valence-corrected chi connectivity index (χ3v) is 3.34. The average Bonchev–Trinajstić information content (AvgIpc) is 2.60. The minimum atomic E-state index is -5.13. The summed E-state index contributed by atoms with van der Waals surface area (Å²) in [6.07, 6.45) is -5.13. The maximum absolute atomic E-state index is 12.6. The number of carboxylic acids is 1. The van der Waals surface area contributed by atoms with Gasteiger partial charge in [0.15, 0.2) is 0 Å². The van der Waals surface area contributed by atoms with Crippen molar-refractivity contribution >= 4 is 38.6 Å². The summed E-state index contributed by atoms with van der Waals surface area (Å²) in [7, 11) is 1.30. The first-order chi connectivity index (χ1) is 9.14. The zero-order valence-electron chi connectivity index (χ0n) is 9.95.